The molecule has 3 aromatic rings. The van der Waals surface area contributed by atoms with Crippen molar-refractivity contribution >= 4 is 27.8 Å². The Kier molecular flexibility index (Phi) is 6.15. The van der Waals surface area contributed by atoms with E-state index in [0.29, 0.717) is 29.2 Å². The monoisotopic (exact) mass is 458 g/mol. The normalized spacial score (nSPS) is 13.6. The third kappa shape index (κ3) is 5.09. The number of nitrogens with one attached hydrogen (secondary N) is 1. The lowest BCUT2D eigenvalue weighted by molar-refractivity contribution is 0.206. The Morgan fingerprint density at radius 3 is 2.94 bits per heavy atom. The first kappa shape index (κ1) is 21.8. The topological polar surface area (TPSA) is 117 Å². The lowest BCUT2D eigenvalue weighted by Gasteiger charge is -2.20. The Labute approximate surface area is 185 Å². The third-order valence-electron chi connectivity index (χ3n) is 4.90. The molecule has 2 aromatic carbocycles. The number of hydrogen-bond acceptors (Lipinski definition) is 5. The molecule has 2 heterocycles. The van der Waals surface area contributed by atoms with Crippen LogP contribution >= 0.6 is 0 Å². The zero-order valence-corrected chi connectivity index (χ0v) is 18.2. The summed E-state index contributed by atoms with van der Waals surface area (Å²) in [6.45, 7) is 0.579. The number of thiol groups is 1. The maximum atomic E-state index is 14.6. The number of amides is 1. The number of hydrogen-bond donors (Lipinski definition) is 4. The number of para-hydroxylation sites is 1. The van der Waals surface area contributed by atoms with E-state index in [2.05, 4.69) is 19.6 Å². The maximum absolute atomic E-state index is 14.6. The number of aromatic nitrogens is 2. The number of carboxylic acid groups (broad SMARTS) is 1. The minimum Gasteiger partial charge on any atom is -0.493 e. The zero-order valence-electron chi connectivity index (χ0n) is 17.3. The second-order valence-corrected chi connectivity index (χ2v) is 10.3. The van der Waals surface area contributed by atoms with E-state index in [9.17, 15) is 13.7 Å². The van der Waals surface area contributed by atoms with E-state index in [-0.39, 0.29) is 17.4 Å². The Morgan fingerprint density at radius 2 is 2.12 bits per heavy atom. The lowest BCUT2D eigenvalue weighted by Crippen LogP contribution is -2.13. The highest BCUT2D eigenvalue weighted by molar-refractivity contribution is 7.98. The van der Waals surface area contributed by atoms with Gasteiger partial charge in [-0.25, -0.2) is 19.2 Å². The van der Waals surface area contributed by atoms with Crippen LogP contribution in [0.4, 0.5) is 20.8 Å². The van der Waals surface area contributed by atoms with Crippen LogP contribution in [-0.2, 0) is 22.3 Å². The van der Waals surface area contributed by atoms with Crippen molar-refractivity contribution in [3.8, 4) is 17.0 Å². The summed E-state index contributed by atoms with van der Waals surface area (Å²) in [5, 5.41) is 11.9. The number of ether oxygens (including phenoxy) is 1. The summed E-state index contributed by atoms with van der Waals surface area (Å²) in [5.41, 5.74) is 3.06. The van der Waals surface area contributed by atoms with Crippen molar-refractivity contribution in [2.45, 2.75) is 18.6 Å². The van der Waals surface area contributed by atoms with Crippen LogP contribution in [0, 0.1) is 5.82 Å². The highest BCUT2D eigenvalue weighted by Crippen LogP contribution is 2.36. The molecule has 0 unspecified atom stereocenters. The molecule has 0 fully saturated rings. The molecule has 0 saturated carbocycles. The molecule has 1 aliphatic rings. The van der Waals surface area contributed by atoms with Gasteiger partial charge in [-0.15, -0.1) is 0 Å². The highest BCUT2D eigenvalue weighted by Gasteiger charge is 2.19. The van der Waals surface area contributed by atoms with E-state index < -0.39 is 22.0 Å². The van der Waals surface area contributed by atoms with E-state index in [0.717, 1.165) is 24.6 Å². The minimum absolute atomic E-state index is 0.109. The number of nitrogens with zero attached hydrogens (tertiary/aromatic N) is 3. The first-order valence-corrected chi connectivity index (χ1v) is 12.3. The second-order valence-electron chi connectivity index (χ2n) is 7.59. The van der Waals surface area contributed by atoms with Crippen LogP contribution in [0.25, 0.3) is 11.3 Å². The van der Waals surface area contributed by atoms with Crippen molar-refractivity contribution in [3.63, 3.8) is 0 Å². The van der Waals surface area contributed by atoms with Crippen LogP contribution < -0.4 is 10.1 Å². The van der Waals surface area contributed by atoms with Gasteiger partial charge in [-0.3, -0.25) is 0 Å². The predicted octanol–water partition coefficient (Wildman–Crippen LogP) is 4.70. The van der Waals surface area contributed by atoms with Crippen molar-refractivity contribution in [3.05, 3.63) is 65.6 Å². The van der Waals surface area contributed by atoms with Gasteiger partial charge in [0.05, 0.1) is 12.8 Å². The van der Waals surface area contributed by atoms with Crippen LogP contribution in [0.15, 0.2) is 53.0 Å². The quantitative estimate of drug-likeness (QED) is 0.409. The Hall–Kier alpha value is -3.37. The van der Waals surface area contributed by atoms with Gasteiger partial charge in [-0.05, 0) is 48.4 Å². The molecule has 10 heteroatoms. The summed E-state index contributed by atoms with van der Waals surface area (Å²) < 4.78 is 34.1. The summed E-state index contributed by atoms with van der Waals surface area (Å²) in [7, 11) is -2.99. The summed E-state index contributed by atoms with van der Waals surface area (Å²) in [6, 6.07) is 12.6. The summed E-state index contributed by atoms with van der Waals surface area (Å²) >= 11 is 0. The SMILES string of the molecule is C[SH](O)(Cc1cccc(Nc2ncc(F)c(-c3cccc4c3OCCC4)n2)c1)=NC(=O)O. The molecule has 0 bridgehead atoms. The smallest absolute Gasteiger partial charge is 0.437 e. The number of anilines is 2. The molecule has 0 aliphatic carbocycles. The Balaban J connectivity index is 1.62. The predicted molar refractivity (Wildman–Crippen MR) is 122 cm³/mol. The molecule has 1 aromatic heterocycles. The van der Waals surface area contributed by atoms with Crippen LogP contribution in [0.2, 0.25) is 0 Å². The molecule has 1 aliphatic heterocycles. The fraction of sp³-hybridized carbons (Fsp3) is 0.227. The number of rotatable bonds is 5. The zero-order chi connectivity index (χ0) is 22.7. The van der Waals surface area contributed by atoms with Crippen molar-refractivity contribution < 1.29 is 23.6 Å². The van der Waals surface area contributed by atoms with Crippen molar-refractivity contribution in [2.24, 2.45) is 4.36 Å². The first-order chi connectivity index (χ1) is 15.3. The van der Waals surface area contributed by atoms with Gasteiger partial charge in [-0.1, -0.05) is 34.4 Å². The summed E-state index contributed by atoms with van der Waals surface area (Å²) in [5.74, 6) is 0.405. The van der Waals surface area contributed by atoms with Crippen molar-refractivity contribution in [1.82, 2.24) is 9.97 Å². The van der Waals surface area contributed by atoms with Gasteiger partial charge in [-0.2, -0.15) is 4.36 Å². The van der Waals surface area contributed by atoms with E-state index in [1.165, 1.54) is 6.26 Å². The van der Waals surface area contributed by atoms with Crippen molar-refractivity contribution in [1.29, 1.82) is 0 Å². The average Bonchev–Trinajstić information content (AvgIpc) is 2.74. The Bertz CT molecular complexity index is 1230. The van der Waals surface area contributed by atoms with Gasteiger partial charge in [0.15, 0.2) is 5.82 Å². The molecular weight excluding hydrogens is 435 g/mol. The van der Waals surface area contributed by atoms with Gasteiger partial charge in [0.1, 0.15) is 11.4 Å². The molecule has 168 valence electrons. The van der Waals surface area contributed by atoms with Crippen LogP contribution in [0.3, 0.4) is 0 Å². The van der Waals surface area contributed by atoms with E-state index in [1.807, 2.05) is 12.1 Å². The van der Waals surface area contributed by atoms with Crippen LogP contribution in [0.5, 0.6) is 5.75 Å². The number of fused-ring (bicyclic) bond motifs is 1. The minimum atomic E-state index is -2.99. The lowest BCUT2D eigenvalue weighted by atomic mass is 10.0. The molecule has 3 N–H and O–H groups in total. The largest absolute Gasteiger partial charge is 0.493 e. The van der Waals surface area contributed by atoms with Gasteiger partial charge in [0.25, 0.3) is 0 Å². The highest BCUT2D eigenvalue weighted by atomic mass is 32.3. The number of benzene rings is 2. The molecule has 0 spiro atoms. The number of halogens is 1. The van der Waals surface area contributed by atoms with E-state index >= 15 is 0 Å². The average molecular weight is 459 g/mol. The molecular formula is C22H23FN4O4S. The van der Waals surface area contributed by atoms with Crippen LogP contribution in [0.1, 0.15) is 17.5 Å². The van der Waals surface area contributed by atoms with Gasteiger partial charge < -0.3 is 19.7 Å². The van der Waals surface area contributed by atoms with E-state index in [1.54, 1.807) is 30.3 Å². The molecule has 1 amide bonds. The third-order valence-corrected chi connectivity index (χ3v) is 6.47. The van der Waals surface area contributed by atoms with E-state index in [4.69, 9.17) is 9.84 Å². The molecule has 0 radical (unpaired) electrons. The van der Waals surface area contributed by atoms with Gasteiger partial charge in [0.2, 0.25) is 5.95 Å². The molecule has 8 nitrogen and oxygen atoms in total. The molecule has 0 saturated heterocycles. The fourth-order valence-corrected chi connectivity index (χ4v) is 4.96. The van der Waals surface area contributed by atoms with Gasteiger partial charge in [0, 0.05) is 17.0 Å². The maximum Gasteiger partial charge on any atom is 0.437 e. The van der Waals surface area contributed by atoms with Crippen LogP contribution in [-0.4, -0.2) is 38.6 Å². The van der Waals surface area contributed by atoms with Crippen molar-refractivity contribution in [2.75, 3.05) is 18.2 Å². The molecule has 0 atom stereocenters. The summed E-state index contributed by atoms with van der Waals surface area (Å²) in [6.07, 6.45) is 2.93. The molecule has 32 heavy (non-hydrogen) atoms. The number of carbonyl (C=O) groups is 1. The fourth-order valence-electron chi connectivity index (χ4n) is 3.63. The molecule has 4 rings (SSSR count). The Morgan fingerprint density at radius 1 is 1.31 bits per heavy atom. The number of aryl methyl sites for hydroxylation is 1. The first-order valence-electron chi connectivity index (χ1n) is 9.99. The van der Waals surface area contributed by atoms with Gasteiger partial charge >= 0.3 is 6.09 Å². The summed E-state index contributed by atoms with van der Waals surface area (Å²) in [4.78, 5) is 19.2. The standard InChI is InChI=1S/C22H23FN4O4S/c1-32(30,27-22(28)29)13-14-5-2-8-16(11-14)25-21-24-12-18(23)19(26-21)17-9-3-6-15-7-4-10-31-20(15)17/h2-3,5-6,8-9,11-12,32H,4,7,10,13H2,1H3,(H,27,30)(H,28,29)(H,24,25,26). The second kappa shape index (κ2) is 9.01.